The normalized spacial score (nSPS) is 11.1. The molecule has 5 nitrogen and oxygen atoms in total. The van der Waals surface area contributed by atoms with E-state index in [-0.39, 0.29) is 20.0 Å². The first-order valence-corrected chi connectivity index (χ1v) is 12.5. The molecule has 32 heavy (non-hydrogen) atoms. The fourth-order valence-corrected chi connectivity index (χ4v) is 5.45. The van der Waals surface area contributed by atoms with Crippen molar-refractivity contribution in [3.63, 3.8) is 0 Å². The van der Waals surface area contributed by atoms with Crippen LogP contribution in [0.25, 0.3) is 20.4 Å². The highest BCUT2D eigenvalue weighted by molar-refractivity contribution is 7.17. The lowest BCUT2D eigenvalue weighted by Gasteiger charge is -2.11. The number of aliphatic hydroxyl groups is 1. The lowest BCUT2D eigenvalue weighted by atomic mass is 10.2. The number of hydrogen-bond acceptors (Lipinski definition) is 5. The lowest BCUT2D eigenvalue weighted by Crippen LogP contribution is -2.14. The molecule has 0 spiro atoms. The first kappa shape index (κ1) is 26.2. The zero-order valence-corrected chi connectivity index (χ0v) is 20.6. The van der Waals surface area contributed by atoms with Crippen molar-refractivity contribution in [2.45, 2.75) is 61.7 Å². The standard InChI is InChI=1S/C13H17NO2S.C11H15NOS.CH4/c1-4-16-13(15)11-7-10-5-6-17-12(10)14(11)8-9(2)3;1-8(2)6-12-10(7-13)5-9-3-4-14-11(9)12;/h5-7,9H,4,8H2,1-3H3;3-5,8,13H,6-7H2,1-2H3;1H4. The molecule has 1 N–H and O–H groups in total. The van der Waals surface area contributed by atoms with Gasteiger partial charge in [-0.1, -0.05) is 35.1 Å². The van der Waals surface area contributed by atoms with E-state index in [9.17, 15) is 9.90 Å². The summed E-state index contributed by atoms with van der Waals surface area (Å²) >= 11 is 3.41. The van der Waals surface area contributed by atoms with E-state index in [2.05, 4.69) is 59.7 Å². The molecular weight excluding hydrogens is 440 g/mol. The smallest absolute Gasteiger partial charge is 0.354 e. The number of carbonyl (C=O) groups excluding carboxylic acids is 1. The second-order valence-electron chi connectivity index (χ2n) is 8.41. The van der Waals surface area contributed by atoms with Gasteiger partial charge in [0.2, 0.25) is 0 Å². The minimum absolute atomic E-state index is 0. The summed E-state index contributed by atoms with van der Waals surface area (Å²) in [6, 6.07) is 8.15. The van der Waals surface area contributed by atoms with Crippen molar-refractivity contribution in [3.8, 4) is 0 Å². The van der Waals surface area contributed by atoms with Gasteiger partial charge in [-0.25, -0.2) is 4.79 Å². The Hall–Kier alpha value is -2.09. The lowest BCUT2D eigenvalue weighted by molar-refractivity contribution is 0.0513. The minimum Gasteiger partial charge on any atom is -0.461 e. The molecule has 0 bridgehead atoms. The summed E-state index contributed by atoms with van der Waals surface area (Å²) in [5.74, 6) is 0.885. The SMILES string of the molecule is C.CC(C)Cn1c(CO)cc2ccsc21.CCOC(=O)c1cc2ccsc2n1CC(C)C. The van der Waals surface area contributed by atoms with Crippen LogP contribution in [-0.2, 0) is 24.4 Å². The van der Waals surface area contributed by atoms with Gasteiger partial charge in [0, 0.05) is 29.6 Å². The molecule has 4 rings (SSSR count). The van der Waals surface area contributed by atoms with Gasteiger partial charge in [-0.05, 0) is 53.8 Å². The maximum absolute atomic E-state index is 11.9. The third-order valence-electron chi connectivity index (χ3n) is 4.83. The minimum atomic E-state index is -0.225. The van der Waals surface area contributed by atoms with Crippen LogP contribution in [0.3, 0.4) is 0 Å². The number of carbonyl (C=O) groups is 1. The van der Waals surface area contributed by atoms with Crippen LogP contribution in [-0.4, -0.2) is 26.8 Å². The fourth-order valence-electron chi connectivity index (χ4n) is 3.62. The second kappa shape index (κ2) is 11.7. The van der Waals surface area contributed by atoms with Crippen molar-refractivity contribution in [1.82, 2.24) is 9.13 Å². The molecule has 4 aromatic heterocycles. The number of thiophene rings is 2. The van der Waals surface area contributed by atoms with Crippen LogP contribution < -0.4 is 0 Å². The Kier molecular flexibility index (Phi) is 9.55. The summed E-state index contributed by atoms with van der Waals surface area (Å²) in [6.45, 7) is 12.9. The number of fused-ring (bicyclic) bond motifs is 2. The van der Waals surface area contributed by atoms with Crippen molar-refractivity contribution < 1.29 is 14.6 Å². The Bertz CT molecular complexity index is 1130. The van der Waals surface area contributed by atoms with Gasteiger partial charge in [-0.15, -0.1) is 22.7 Å². The molecule has 0 atom stereocenters. The molecule has 0 radical (unpaired) electrons. The van der Waals surface area contributed by atoms with Gasteiger partial charge in [0.1, 0.15) is 15.4 Å². The van der Waals surface area contributed by atoms with Gasteiger partial charge < -0.3 is 19.0 Å². The summed E-state index contributed by atoms with van der Waals surface area (Å²) in [4.78, 5) is 14.3. The van der Waals surface area contributed by atoms with E-state index in [1.165, 1.54) is 10.2 Å². The van der Waals surface area contributed by atoms with Gasteiger partial charge in [-0.3, -0.25) is 0 Å². The number of esters is 1. The zero-order valence-electron chi connectivity index (χ0n) is 18.9. The Labute approximate surface area is 199 Å². The number of aliphatic hydroxyl groups excluding tert-OH is 1. The molecule has 0 aromatic carbocycles. The summed E-state index contributed by atoms with van der Waals surface area (Å²) in [7, 11) is 0. The Balaban J connectivity index is 0.000000224. The van der Waals surface area contributed by atoms with Crippen molar-refractivity contribution in [2.75, 3.05) is 6.61 Å². The predicted molar refractivity (Wildman–Crippen MR) is 138 cm³/mol. The number of hydrogen-bond donors (Lipinski definition) is 1. The maximum atomic E-state index is 11.9. The molecular formula is C25H36N2O3S2. The number of nitrogens with zero attached hydrogens (tertiary/aromatic N) is 2. The van der Waals surface area contributed by atoms with E-state index in [1.54, 1.807) is 22.7 Å². The van der Waals surface area contributed by atoms with Crippen molar-refractivity contribution in [2.24, 2.45) is 11.8 Å². The molecule has 0 aliphatic rings. The van der Waals surface area contributed by atoms with E-state index in [4.69, 9.17) is 4.74 Å². The molecule has 0 aliphatic carbocycles. The number of ether oxygens (including phenoxy) is 1. The summed E-state index contributed by atoms with van der Waals surface area (Å²) < 4.78 is 9.39. The van der Waals surface area contributed by atoms with Crippen LogP contribution in [0.15, 0.2) is 35.0 Å². The van der Waals surface area contributed by atoms with E-state index in [0.717, 1.165) is 29.0 Å². The first-order valence-electron chi connectivity index (χ1n) is 10.8. The summed E-state index contributed by atoms with van der Waals surface area (Å²) in [6.07, 6.45) is 0. The topological polar surface area (TPSA) is 56.4 Å². The molecule has 4 heterocycles. The zero-order chi connectivity index (χ0) is 22.5. The molecule has 0 saturated carbocycles. The largest absolute Gasteiger partial charge is 0.461 e. The third-order valence-corrected chi connectivity index (χ3v) is 6.74. The van der Waals surface area contributed by atoms with Crippen molar-refractivity contribution in [1.29, 1.82) is 0 Å². The van der Waals surface area contributed by atoms with Crippen LogP contribution in [0, 0.1) is 11.8 Å². The Morgan fingerprint density at radius 3 is 2.03 bits per heavy atom. The highest BCUT2D eigenvalue weighted by Crippen LogP contribution is 2.27. The predicted octanol–water partition coefficient (Wildman–Crippen LogP) is 7.02. The van der Waals surface area contributed by atoms with Crippen LogP contribution >= 0.6 is 22.7 Å². The molecule has 0 saturated heterocycles. The molecule has 0 unspecified atom stereocenters. The first-order chi connectivity index (χ1) is 14.8. The average molecular weight is 477 g/mol. The van der Waals surface area contributed by atoms with Gasteiger partial charge >= 0.3 is 5.97 Å². The third kappa shape index (κ3) is 5.82. The molecule has 0 aliphatic heterocycles. The van der Waals surface area contributed by atoms with Crippen LogP contribution in [0.1, 0.15) is 58.2 Å². The average Bonchev–Trinajstić information content (AvgIpc) is 3.45. The van der Waals surface area contributed by atoms with E-state index in [1.807, 2.05) is 19.1 Å². The number of aromatic nitrogens is 2. The Morgan fingerprint density at radius 2 is 1.50 bits per heavy atom. The Morgan fingerprint density at radius 1 is 0.969 bits per heavy atom. The van der Waals surface area contributed by atoms with Gasteiger partial charge in [0.15, 0.2) is 0 Å². The van der Waals surface area contributed by atoms with E-state index < -0.39 is 0 Å². The fraction of sp³-hybridized carbons (Fsp3) is 0.480. The van der Waals surface area contributed by atoms with Crippen LogP contribution in [0.2, 0.25) is 0 Å². The molecule has 0 amide bonds. The van der Waals surface area contributed by atoms with Crippen molar-refractivity contribution >= 4 is 49.1 Å². The van der Waals surface area contributed by atoms with Gasteiger partial charge in [0.05, 0.1) is 13.2 Å². The van der Waals surface area contributed by atoms with Gasteiger partial charge in [-0.2, -0.15) is 0 Å². The van der Waals surface area contributed by atoms with Crippen LogP contribution in [0.4, 0.5) is 0 Å². The van der Waals surface area contributed by atoms with Gasteiger partial charge in [0.25, 0.3) is 0 Å². The highest BCUT2D eigenvalue weighted by atomic mass is 32.1. The summed E-state index contributed by atoms with van der Waals surface area (Å²) in [5.41, 5.74) is 1.70. The monoisotopic (exact) mass is 476 g/mol. The molecule has 0 fully saturated rings. The van der Waals surface area contributed by atoms with E-state index in [0.29, 0.717) is 24.1 Å². The quantitative estimate of drug-likeness (QED) is 0.292. The molecule has 7 heteroatoms. The second-order valence-corrected chi connectivity index (χ2v) is 10.2. The number of rotatable bonds is 7. The molecule has 4 aromatic rings. The van der Waals surface area contributed by atoms with Crippen LogP contribution in [0.5, 0.6) is 0 Å². The van der Waals surface area contributed by atoms with E-state index >= 15 is 0 Å². The summed E-state index contributed by atoms with van der Waals surface area (Å²) in [5, 5.41) is 15.8. The van der Waals surface area contributed by atoms with Crippen molar-refractivity contribution in [3.05, 3.63) is 46.4 Å². The maximum Gasteiger partial charge on any atom is 0.354 e. The highest BCUT2D eigenvalue weighted by Gasteiger charge is 2.17. The molecule has 176 valence electrons.